The number of ether oxygens (including phenoxy) is 1. The van der Waals surface area contributed by atoms with Gasteiger partial charge in [-0.25, -0.2) is 22.2 Å². The Kier molecular flexibility index (Phi) is 5.75. The highest BCUT2D eigenvalue weighted by atomic mass is 32.2. The standard InChI is InChI=1S/C17H11F5N2O3S2/c18-12-6-5-10(8-13(12)19)7-11-9-23-16(28-11)24-29(25,26)15-4-2-1-3-14(15)27-17(20,21)22/h1-6,8-9H,7H2,(H,23,24). The third-order valence-corrected chi connectivity index (χ3v) is 5.92. The Morgan fingerprint density at radius 2 is 1.79 bits per heavy atom. The predicted octanol–water partition coefficient (Wildman–Crippen LogP) is 4.71. The average Bonchev–Trinajstić information content (AvgIpc) is 3.03. The van der Waals surface area contributed by atoms with Crippen LogP contribution >= 0.6 is 11.3 Å². The largest absolute Gasteiger partial charge is 0.573 e. The minimum atomic E-state index is -5.07. The topological polar surface area (TPSA) is 68.3 Å². The number of hydrogen-bond acceptors (Lipinski definition) is 5. The Balaban J connectivity index is 1.79. The molecule has 5 nitrogen and oxygen atoms in total. The van der Waals surface area contributed by atoms with Crippen molar-refractivity contribution in [2.24, 2.45) is 0 Å². The van der Waals surface area contributed by atoms with E-state index in [9.17, 15) is 30.4 Å². The zero-order chi connectivity index (χ0) is 21.2. The fraction of sp³-hybridized carbons (Fsp3) is 0.118. The number of hydrogen-bond donors (Lipinski definition) is 1. The number of anilines is 1. The molecule has 0 atom stereocenters. The number of rotatable bonds is 6. The molecule has 3 rings (SSSR count). The van der Waals surface area contributed by atoms with Gasteiger partial charge < -0.3 is 4.74 Å². The van der Waals surface area contributed by atoms with Gasteiger partial charge >= 0.3 is 6.36 Å². The molecule has 3 aromatic rings. The smallest absolute Gasteiger partial charge is 0.404 e. The number of alkyl halides is 3. The van der Waals surface area contributed by atoms with Gasteiger partial charge in [0.2, 0.25) is 0 Å². The van der Waals surface area contributed by atoms with Gasteiger partial charge in [0, 0.05) is 17.5 Å². The van der Waals surface area contributed by atoms with E-state index in [4.69, 9.17) is 0 Å². The van der Waals surface area contributed by atoms with Gasteiger partial charge in [0.05, 0.1) is 0 Å². The summed E-state index contributed by atoms with van der Waals surface area (Å²) in [5.41, 5.74) is 0.436. The lowest BCUT2D eigenvalue weighted by molar-refractivity contribution is -0.275. The van der Waals surface area contributed by atoms with Gasteiger partial charge in [0.15, 0.2) is 16.8 Å². The zero-order valence-corrected chi connectivity index (χ0v) is 15.8. The second-order valence-electron chi connectivity index (χ2n) is 5.66. The number of aromatic nitrogens is 1. The number of benzene rings is 2. The maximum Gasteiger partial charge on any atom is 0.573 e. The predicted molar refractivity (Wildman–Crippen MR) is 95.2 cm³/mol. The molecule has 0 aliphatic carbocycles. The molecule has 0 aliphatic heterocycles. The van der Waals surface area contributed by atoms with Crippen LogP contribution in [-0.2, 0) is 16.4 Å². The Morgan fingerprint density at radius 3 is 2.48 bits per heavy atom. The fourth-order valence-electron chi connectivity index (χ4n) is 2.34. The normalized spacial score (nSPS) is 12.0. The summed E-state index contributed by atoms with van der Waals surface area (Å²) in [4.78, 5) is 3.67. The summed E-state index contributed by atoms with van der Waals surface area (Å²) >= 11 is 0.898. The van der Waals surface area contributed by atoms with Crippen molar-refractivity contribution in [3.8, 4) is 5.75 Å². The van der Waals surface area contributed by atoms with E-state index in [0.717, 1.165) is 35.6 Å². The highest BCUT2D eigenvalue weighted by molar-refractivity contribution is 7.93. The molecule has 0 amide bonds. The Hall–Kier alpha value is -2.73. The van der Waals surface area contributed by atoms with Gasteiger partial charge in [-0.15, -0.1) is 24.5 Å². The van der Waals surface area contributed by atoms with Crippen LogP contribution in [0.4, 0.5) is 27.1 Å². The molecule has 1 N–H and O–H groups in total. The van der Waals surface area contributed by atoms with Gasteiger partial charge in [0.25, 0.3) is 10.0 Å². The molecule has 0 unspecified atom stereocenters. The lowest BCUT2D eigenvalue weighted by atomic mass is 10.1. The highest BCUT2D eigenvalue weighted by Gasteiger charge is 2.34. The fourth-order valence-corrected chi connectivity index (χ4v) is 4.56. The first-order chi connectivity index (χ1) is 13.5. The number of halogens is 5. The monoisotopic (exact) mass is 450 g/mol. The maximum absolute atomic E-state index is 13.3. The first kappa shape index (κ1) is 21.0. The van der Waals surface area contributed by atoms with Crippen molar-refractivity contribution in [1.82, 2.24) is 4.98 Å². The van der Waals surface area contributed by atoms with Crippen LogP contribution in [-0.4, -0.2) is 19.8 Å². The molecule has 0 aliphatic rings. The lowest BCUT2D eigenvalue weighted by Crippen LogP contribution is -2.20. The van der Waals surface area contributed by atoms with Crippen LogP contribution in [0.3, 0.4) is 0 Å². The summed E-state index contributed by atoms with van der Waals surface area (Å²) in [6.45, 7) is 0. The van der Waals surface area contributed by atoms with Gasteiger partial charge in [-0.1, -0.05) is 18.2 Å². The minimum absolute atomic E-state index is 0.107. The van der Waals surface area contributed by atoms with Gasteiger partial charge in [0.1, 0.15) is 10.6 Å². The van der Waals surface area contributed by atoms with E-state index in [1.165, 1.54) is 24.4 Å². The quantitative estimate of drug-likeness (QED) is 0.553. The third kappa shape index (κ3) is 5.41. The maximum atomic E-state index is 13.3. The van der Waals surface area contributed by atoms with Crippen molar-refractivity contribution in [2.45, 2.75) is 17.7 Å². The summed E-state index contributed by atoms with van der Waals surface area (Å²) in [5, 5.41) is -0.107. The van der Waals surface area contributed by atoms with Gasteiger partial charge in [-0.3, -0.25) is 4.72 Å². The molecule has 0 spiro atoms. The Labute approximate surface area is 165 Å². The first-order valence-electron chi connectivity index (χ1n) is 7.80. The third-order valence-electron chi connectivity index (χ3n) is 3.50. The van der Waals surface area contributed by atoms with Crippen LogP contribution in [0.15, 0.2) is 53.6 Å². The molecule has 1 aromatic heterocycles. The number of nitrogens with one attached hydrogen (secondary N) is 1. The molecule has 0 saturated carbocycles. The van der Waals surface area contributed by atoms with Crippen molar-refractivity contribution >= 4 is 26.5 Å². The van der Waals surface area contributed by atoms with E-state index in [1.807, 2.05) is 0 Å². The molecule has 2 aromatic carbocycles. The van der Waals surface area contributed by atoms with E-state index >= 15 is 0 Å². The molecule has 0 bridgehead atoms. The van der Waals surface area contributed by atoms with E-state index in [1.54, 1.807) is 0 Å². The molecular weight excluding hydrogens is 439 g/mol. The summed E-state index contributed by atoms with van der Waals surface area (Å²) in [6, 6.07) is 7.61. The van der Waals surface area contributed by atoms with Crippen molar-refractivity contribution in [1.29, 1.82) is 0 Å². The van der Waals surface area contributed by atoms with Gasteiger partial charge in [-0.2, -0.15) is 0 Å². The van der Waals surface area contributed by atoms with E-state index in [2.05, 4.69) is 14.4 Å². The molecule has 0 fully saturated rings. The first-order valence-corrected chi connectivity index (χ1v) is 10.1. The number of sulfonamides is 1. The zero-order valence-electron chi connectivity index (χ0n) is 14.2. The molecule has 0 radical (unpaired) electrons. The summed E-state index contributed by atoms with van der Waals surface area (Å²) in [6.07, 6.45) is -3.59. The van der Waals surface area contributed by atoms with E-state index in [-0.39, 0.29) is 11.6 Å². The van der Waals surface area contributed by atoms with Crippen molar-refractivity contribution in [3.63, 3.8) is 0 Å². The van der Waals surface area contributed by atoms with Gasteiger partial charge in [-0.05, 0) is 29.8 Å². The van der Waals surface area contributed by atoms with Crippen molar-refractivity contribution in [3.05, 3.63) is 70.7 Å². The van der Waals surface area contributed by atoms with Crippen LogP contribution in [0.25, 0.3) is 0 Å². The lowest BCUT2D eigenvalue weighted by Gasteiger charge is -2.13. The molecule has 1 heterocycles. The molecule has 12 heteroatoms. The molecule has 29 heavy (non-hydrogen) atoms. The van der Waals surface area contributed by atoms with Crippen LogP contribution in [0.1, 0.15) is 10.4 Å². The van der Waals surface area contributed by atoms with Crippen LogP contribution in [0.2, 0.25) is 0 Å². The average molecular weight is 450 g/mol. The second kappa shape index (κ2) is 7.95. The van der Waals surface area contributed by atoms with Crippen LogP contribution in [0, 0.1) is 11.6 Å². The summed E-state index contributed by atoms with van der Waals surface area (Å²) in [7, 11) is -4.42. The minimum Gasteiger partial charge on any atom is -0.404 e. The van der Waals surface area contributed by atoms with Crippen LogP contribution in [0.5, 0.6) is 5.75 Å². The number of para-hydroxylation sites is 1. The molecule has 154 valence electrons. The second-order valence-corrected chi connectivity index (χ2v) is 8.42. The van der Waals surface area contributed by atoms with Crippen LogP contribution < -0.4 is 9.46 Å². The van der Waals surface area contributed by atoms with E-state index in [0.29, 0.717) is 10.4 Å². The van der Waals surface area contributed by atoms with Crippen molar-refractivity contribution in [2.75, 3.05) is 4.72 Å². The number of thiazole rings is 1. The van der Waals surface area contributed by atoms with Crippen molar-refractivity contribution < 1.29 is 35.1 Å². The molecule has 0 saturated heterocycles. The number of nitrogens with zero attached hydrogens (tertiary/aromatic N) is 1. The Bertz CT molecular complexity index is 1130. The highest BCUT2D eigenvalue weighted by Crippen LogP contribution is 2.31. The molecular formula is C17H11F5N2O3S2. The summed E-state index contributed by atoms with van der Waals surface area (Å²) in [5.74, 6) is -2.90. The summed E-state index contributed by atoms with van der Waals surface area (Å²) < 4.78 is 94.6. The Morgan fingerprint density at radius 1 is 1.07 bits per heavy atom. The van der Waals surface area contributed by atoms with E-state index < -0.39 is 38.7 Å². The SMILES string of the molecule is O=S(=O)(Nc1ncc(Cc2ccc(F)c(F)c2)s1)c1ccccc1OC(F)(F)F.